The van der Waals surface area contributed by atoms with E-state index in [1.807, 2.05) is 0 Å². The van der Waals surface area contributed by atoms with Crippen molar-refractivity contribution in [2.24, 2.45) is 5.92 Å². The molecule has 0 bridgehead atoms. The molecule has 3 rings (SSSR count). The fourth-order valence-corrected chi connectivity index (χ4v) is 2.43. The zero-order chi connectivity index (χ0) is 11.0. The Morgan fingerprint density at radius 1 is 1.25 bits per heavy atom. The van der Waals surface area contributed by atoms with Gasteiger partial charge in [0.1, 0.15) is 5.78 Å². The Hall–Kier alpha value is -1.15. The molecule has 84 valence electrons. The topological polar surface area (TPSA) is 29.1 Å². The molecule has 1 unspecified atom stereocenters. The third-order valence-corrected chi connectivity index (χ3v) is 3.66. The third-order valence-electron chi connectivity index (χ3n) is 3.66. The van der Waals surface area contributed by atoms with Gasteiger partial charge in [0.05, 0.1) is 6.04 Å². The van der Waals surface area contributed by atoms with Gasteiger partial charge in [0.2, 0.25) is 0 Å². The SMILES string of the molecule is O=C(CC1CC1)C1Cc2ccccc2CN1. The standard InChI is InChI=1S/C14H17NO/c16-14(7-10-5-6-10)13-8-11-3-1-2-4-12(11)9-15-13/h1-4,10,13,15H,5-9H2. The monoisotopic (exact) mass is 215 g/mol. The second kappa shape index (κ2) is 4.02. The van der Waals surface area contributed by atoms with Crippen LogP contribution in [-0.4, -0.2) is 11.8 Å². The Morgan fingerprint density at radius 3 is 2.75 bits per heavy atom. The van der Waals surface area contributed by atoms with Crippen molar-refractivity contribution < 1.29 is 4.79 Å². The van der Waals surface area contributed by atoms with Crippen LogP contribution in [0, 0.1) is 5.92 Å². The van der Waals surface area contributed by atoms with Crippen LogP contribution < -0.4 is 5.32 Å². The van der Waals surface area contributed by atoms with Crippen LogP contribution in [-0.2, 0) is 17.8 Å². The smallest absolute Gasteiger partial charge is 0.150 e. The van der Waals surface area contributed by atoms with Crippen molar-refractivity contribution in [1.82, 2.24) is 5.32 Å². The first-order valence-corrected chi connectivity index (χ1v) is 6.16. The minimum Gasteiger partial charge on any atom is -0.303 e. The number of rotatable bonds is 3. The average molecular weight is 215 g/mol. The summed E-state index contributed by atoms with van der Waals surface area (Å²) in [6.07, 6.45) is 4.19. The minimum atomic E-state index is 0.0653. The quantitative estimate of drug-likeness (QED) is 0.836. The highest BCUT2D eigenvalue weighted by Crippen LogP contribution is 2.33. The summed E-state index contributed by atoms with van der Waals surface area (Å²) in [6, 6.07) is 8.48. The Kier molecular flexibility index (Phi) is 2.52. The van der Waals surface area contributed by atoms with E-state index in [9.17, 15) is 4.79 Å². The van der Waals surface area contributed by atoms with Crippen molar-refractivity contribution in [1.29, 1.82) is 0 Å². The predicted octanol–water partition coefficient (Wildman–Crippen LogP) is 2.07. The van der Waals surface area contributed by atoms with Crippen molar-refractivity contribution in [2.45, 2.75) is 38.3 Å². The molecule has 1 saturated carbocycles. The Labute approximate surface area is 96.1 Å². The van der Waals surface area contributed by atoms with Crippen molar-refractivity contribution in [3.8, 4) is 0 Å². The van der Waals surface area contributed by atoms with E-state index in [0.29, 0.717) is 11.7 Å². The van der Waals surface area contributed by atoms with Crippen LogP contribution in [0.5, 0.6) is 0 Å². The molecule has 1 atom stereocenters. The number of benzene rings is 1. The fourth-order valence-electron chi connectivity index (χ4n) is 2.43. The normalized spacial score (nSPS) is 23.9. The van der Waals surface area contributed by atoms with Crippen LogP contribution in [0.15, 0.2) is 24.3 Å². The molecular weight excluding hydrogens is 198 g/mol. The van der Waals surface area contributed by atoms with E-state index < -0.39 is 0 Å². The highest BCUT2D eigenvalue weighted by Gasteiger charge is 2.29. The van der Waals surface area contributed by atoms with Crippen LogP contribution in [0.4, 0.5) is 0 Å². The zero-order valence-electron chi connectivity index (χ0n) is 9.41. The van der Waals surface area contributed by atoms with Gasteiger partial charge in [-0.2, -0.15) is 0 Å². The summed E-state index contributed by atoms with van der Waals surface area (Å²) in [5.74, 6) is 1.11. The molecule has 2 nitrogen and oxygen atoms in total. The number of nitrogens with one attached hydrogen (secondary N) is 1. The van der Waals surface area contributed by atoms with E-state index in [2.05, 4.69) is 29.6 Å². The lowest BCUT2D eigenvalue weighted by Crippen LogP contribution is -2.41. The fraction of sp³-hybridized carbons (Fsp3) is 0.500. The maximum atomic E-state index is 12.0. The van der Waals surface area contributed by atoms with Gasteiger partial charge in [0.25, 0.3) is 0 Å². The van der Waals surface area contributed by atoms with E-state index >= 15 is 0 Å². The molecule has 1 aromatic rings. The lowest BCUT2D eigenvalue weighted by atomic mass is 9.92. The number of carbonyl (C=O) groups excluding carboxylic acids is 1. The van der Waals surface area contributed by atoms with Gasteiger partial charge in [0.15, 0.2) is 0 Å². The van der Waals surface area contributed by atoms with E-state index in [1.54, 1.807) is 0 Å². The second-order valence-electron chi connectivity index (χ2n) is 5.02. The molecule has 0 radical (unpaired) electrons. The summed E-state index contributed by atoms with van der Waals surface area (Å²) in [4.78, 5) is 12.0. The molecule has 2 aliphatic rings. The van der Waals surface area contributed by atoms with E-state index in [-0.39, 0.29) is 6.04 Å². The predicted molar refractivity (Wildman–Crippen MR) is 63.1 cm³/mol. The molecule has 1 N–H and O–H groups in total. The molecule has 0 amide bonds. The van der Waals surface area contributed by atoms with Gasteiger partial charge < -0.3 is 5.32 Å². The van der Waals surface area contributed by atoms with Crippen LogP contribution in [0.25, 0.3) is 0 Å². The number of hydrogen-bond acceptors (Lipinski definition) is 2. The molecule has 1 aliphatic carbocycles. The zero-order valence-corrected chi connectivity index (χ0v) is 9.41. The largest absolute Gasteiger partial charge is 0.303 e. The number of hydrogen-bond donors (Lipinski definition) is 1. The highest BCUT2D eigenvalue weighted by molar-refractivity contribution is 5.85. The maximum Gasteiger partial charge on any atom is 0.150 e. The molecule has 16 heavy (non-hydrogen) atoms. The molecule has 2 heteroatoms. The first-order chi connectivity index (χ1) is 7.83. The molecule has 1 heterocycles. The molecule has 1 aromatic carbocycles. The average Bonchev–Trinajstić information content (AvgIpc) is 3.12. The van der Waals surface area contributed by atoms with Gasteiger partial charge in [-0.25, -0.2) is 0 Å². The van der Waals surface area contributed by atoms with Gasteiger partial charge in [-0.05, 0) is 36.3 Å². The van der Waals surface area contributed by atoms with Gasteiger partial charge >= 0.3 is 0 Å². The Morgan fingerprint density at radius 2 is 2.00 bits per heavy atom. The summed E-state index contributed by atoms with van der Waals surface area (Å²) < 4.78 is 0. The van der Waals surface area contributed by atoms with Gasteiger partial charge in [0, 0.05) is 13.0 Å². The van der Waals surface area contributed by atoms with Crippen molar-refractivity contribution in [3.05, 3.63) is 35.4 Å². The Bertz CT molecular complexity index is 409. The molecule has 0 saturated heterocycles. The first kappa shape index (κ1) is 10.0. The van der Waals surface area contributed by atoms with E-state index in [4.69, 9.17) is 0 Å². The summed E-state index contributed by atoms with van der Waals surface area (Å²) >= 11 is 0. The minimum absolute atomic E-state index is 0.0653. The first-order valence-electron chi connectivity index (χ1n) is 6.16. The van der Waals surface area contributed by atoms with Crippen molar-refractivity contribution in [3.63, 3.8) is 0 Å². The summed E-state index contributed by atoms with van der Waals surface area (Å²) in [5, 5.41) is 3.36. The van der Waals surface area contributed by atoms with Crippen LogP contribution in [0.1, 0.15) is 30.4 Å². The van der Waals surface area contributed by atoms with Crippen LogP contribution >= 0.6 is 0 Å². The van der Waals surface area contributed by atoms with Crippen molar-refractivity contribution in [2.75, 3.05) is 0 Å². The Balaban J connectivity index is 1.69. The lowest BCUT2D eigenvalue weighted by molar-refractivity contribution is -0.121. The number of Topliss-reactive ketones (excluding diaryl/α,β-unsaturated/α-hetero) is 1. The third kappa shape index (κ3) is 2.03. The van der Waals surface area contributed by atoms with Gasteiger partial charge in [-0.3, -0.25) is 4.79 Å². The van der Waals surface area contributed by atoms with E-state index in [0.717, 1.165) is 19.4 Å². The summed E-state index contributed by atoms with van der Waals surface area (Å²) in [6.45, 7) is 0.844. The number of ketones is 1. The van der Waals surface area contributed by atoms with Crippen LogP contribution in [0.3, 0.4) is 0 Å². The maximum absolute atomic E-state index is 12.0. The number of fused-ring (bicyclic) bond motifs is 1. The van der Waals surface area contributed by atoms with Gasteiger partial charge in [-0.1, -0.05) is 24.3 Å². The molecule has 1 aliphatic heterocycles. The molecular formula is C14H17NO. The summed E-state index contributed by atoms with van der Waals surface area (Å²) in [7, 11) is 0. The number of carbonyl (C=O) groups is 1. The van der Waals surface area contributed by atoms with Crippen LogP contribution in [0.2, 0.25) is 0 Å². The second-order valence-corrected chi connectivity index (χ2v) is 5.02. The van der Waals surface area contributed by atoms with E-state index in [1.165, 1.54) is 24.0 Å². The van der Waals surface area contributed by atoms with Gasteiger partial charge in [-0.15, -0.1) is 0 Å². The molecule has 0 aromatic heterocycles. The highest BCUT2D eigenvalue weighted by atomic mass is 16.1. The lowest BCUT2D eigenvalue weighted by Gasteiger charge is -2.25. The molecule has 0 spiro atoms. The summed E-state index contributed by atoms with van der Waals surface area (Å²) in [5.41, 5.74) is 2.69. The van der Waals surface area contributed by atoms with Crippen molar-refractivity contribution >= 4 is 5.78 Å². The molecule has 1 fully saturated rings.